The lowest BCUT2D eigenvalue weighted by Crippen LogP contribution is -2.43. The Bertz CT molecular complexity index is 731. The van der Waals surface area contributed by atoms with Crippen molar-refractivity contribution in [3.63, 3.8) is 0 Å². The molecule has 0 saturated carbocycles. The number of benzene rings is 2. The molecule has 1 aliphatic rings. The molecule has 4 heteroatoms. The van der Waals surface area contributed by atoms with Gasteiger partial charge >= 0.3 is 0 Å². The Morgan fingerprint density at radius 3 is 2.28 bits per heavy atom. The van der Waals surface area contributed by atoms with Gasteiger partial charge in [0.15, 0.2) is 0 Å². The highest BCUT2D eigenvalue weighted by Gasteiger charge is 2.14. The summed E-state index contributed by atoms with van der Waals surface area (Å²) in [7, 11) is 2.17. The number of carbonyl (C=O) groups is 1. The smallest absolute Gasteiger partial charge is 0.255 e. The average molecular weight is 337 g/mol. The standard InChI is InChI=1S/C21H27N3O/c1-16-4-9-20(14-17(16)2)22-21(25)19-7-5-18(6-8-19)15-24-12-10-23(3)11-13-24/h4-9,14H,10-13,15H2,1-3H3,(H,22,25). The summed E-state index contributed by atoms with van der Waals surface area (Å²) < 4.78 is 0. The van der Waals surface area contributed by atoms with Crippen molar-refractivity contribution in [2.75, 3.05) is 38.5 Å². The molecule has 1 heterocycles. The van der Waals surface area contributed by atoms with Gasteiger partial charge in [0.1, 0.15) is 0 Å². The van der Waals surface area contributed by atoms with Crippen LogP contribution in [-0.4, -0.2) is 48.9 Å². The third-order valence-electron chi connectivity index (χ3n) is 4.98. The van der Waals surface area contributed by atoms with Crippen LogP contribution in [0.5, 0.6) is 0 Å². The molecule has 0 spiro atoms. The lowest BCUT2D eigenvalue weighted by Gasteiger charge is -2.32. The van der Waals surface area contributed by atoms with E-state index in [1.165, 1.54) is 16.7 Å². The Hall–Kier alpha value is -2.17. The van der Waals surface area contributed by atoms with E-state index in [-0.39, 0.29) is 5.91 Å². The molecular weight excluding hydrogens is 310 g/mol. The van der Waals surface area contributed by atoms with E-state index >= 15 is 0 Å². The Morgan fingerprint density at radius 2 is 1.64 bits per heavy atom. The second-order valence-corrected chi connectivity index (χ2v) is 7.03. The van der Waals surface area contributed by atoms with Crippen LogP contribution in [0.4, 0.5) is 5.69 Å². The summed E-state index contributed by atoms with van der Waals surface area (Å²) in [6, 6.07) is 14.0. The van der Waals surface area contributed by atoms with E-state index in [0.717, 1.165) is 38.4 Å². The molecule has 2 aromatic carbocycles. The summed E-state index contributed by atoms with van der Waals surface area (Å²) in [5.41, 5.74) is 5.20. The molecule has 1 aliphatic heterocycles. The van der Waals surface area contributed by atoms with E-state index in [1.54, 1.807) is 0 Å². The summed E-state index contributed by atoms with van der Waals surface area (Å²) in [6.07, 6.45) is 0. The summed E-state index contributed by atoms with van der Waals surface area (Å²) >= 11 is 0. The number of likely N-dealkylation sites (N-methyl/N-ethyl adjacent to an activating group) is 1. The van der Waals surface area contributed by atoms with Crippen LogP contribution in [0, 0.1) is 13.8 Å². The fraction of sp³-hybridized carbons (Fsp3) is 0.381. The molecule has 0 bridgehead atoms. The molecule has 4 nitrogen and oxygen atoms in total. The minimum atomic E-state index is -0.0607. The number of hydrogen-bond acceptors (Lipinski definition) is 3. The lowest BCUT2D eigenvalue weighted by molar-refractivity contribution is 0.102. The van der Waals surface area contributed by atoms with E-state index in [1.807, 2.05) is 30.3 Å². The van der Waals surface area contributed by atoms with Gasteiger partial charge in [-0.05, 0) is 61.9 Å². The number of piperazine rings is 1. The highest BCUT2D eigenvalue weighted by Crippen LogP contribution is 2.16. The maximum absolute atomic E-state index is 12.4. The molecule has 25 heavy (non-hydrogen) atoms. The third kappa shape index (κ3) is 4.68. The molecule has 0 unspecified atom stereocenters. The highest BCUT2D eigenvalue weighted by atomic mass is 16.1. The maximum atomic E-state index is 12.4. The summed E-state index contributed by atoms with van der Waals surface area (Å²) in [5.74, 6) is -0.0607. The average Bonchev–Trinajstić information content (AvgIpc) is 2.61. The van der Waals surface area contributed by atoms with Gasteiger partial charge in [0, 0.05) is 44.0 Å². The first kappa shape index (κ1) is 17.6. The van der Waals surface area contributed by atoms with Gasteiger partial charge in [-0.25, -0.2) is 0 Å². The fourth-order valence-corrected chi connectivity index (χ4v) is 3.05. The van der Waals surface area contributed by atoms with Crippen molar-refractivity contribution in [3.8, 4) is 0 Å². The zero-order valence-corrected chi connectivity index (χ0v) is 15.4. The van der Waals surface area contributed by atoms with Crippen LogP contribution in [0.25, 0.3) is 0 Å². The van der Waals surface area contributed by atoms with Crippen molar-refractivity contribution < 1.29 is 4.79 Å². The van der Waals surface area contributed by atoms with Crippen LogP contribution in [0.3, 0.4) is 0 Å². The molecule has 3 rings (SSSR count). The Labute approximate surface area is 150 Å². The first-order valence-electron chi connectivity index (χ1n) is 8.90. The first-order chi connectivity index (χ1) is 12.0. The molecule has 0 atom stereocenters. The van der Waals surface area contributed by atoms with Gasteiger partial charge in [0.2, 0.25) is 0 Å². The van der Waals surface area contributed by atoms with Crippen molar-refractivity contribution in [3.05, 3.63) is 64.7 Å². The summed E-state index contributed by atoms with van der Waals surface area (Å²) in [5, 5.41) is 2.98. The molecule has 1 saturated heterocycles. The topological polar surface area (TPSA) is 35.6 Å². The van der Waals surface area contributed by atoms with E-state index in [0.29, 0.717) is 5.56 Å². The quantitative estimate of drug-likeness (QED) is 0.930. The van der Waals surface area contributed by atoms with Crippen LogP contribution >= 0.6 is 0 Å². The molecule has 1 fully saturated rings. The molecule has 132 valence electrons. The van der Waals surface area contributed by atoms with E-state index < -0.39 is 0 Å². The molecule has 0 aromatic heterocycles. The Morgan fingerprint density at radius 1 is 0.960 bits per heavy atom. The molecule has 2 aromatic rings. The SMILES string of the molecule is Cc1ccc(NC(=O)c2ccc(CN3CCN(C)CC3)cc2)cc1C. The number of rotatable bonds is 4. The van der Waals surface area contributed by atoms with Crippen LogP contribution in [0.2, 0.25) is 0 Å². The third-order valence-corrected chi connectivity index (χ3v) is 4.98. The van der Waals surface area contributed by atoms with Crippen LogP contribution in [-0.2, 0) is 6.54 Å². The largest absolute Gasteiger partial charge is 0.322 e. The van der Waals surface area contributed by atoms with Crippen molar-refractivity contribution in [2.24, 2.45) is 0 Å². The van der Waals surface area contributed by atoms with Crippen molar-refractivity contribution in [1.29, 1.82) is 0 Å². The van der Waals surface area contributed by atoms with Gasteiger partial charge < -0.3 is 10.2 Å². The Kier molecular flexibility index (Phi) is 5.51. The molecule has 1 N–H and O–H groups in total. The monoisotopic (exact) mass is 337 g/mol. The fourth-order valence-electron chi connectivity index (χ4n) is 3.05. The number of hydrogen-bond donors (Lipinski definition) is 1. The second-order valence-electron chi connectivity index (χ2n) is 7.03. The van der Waals surface area contributed by atoms with Gasteiger partial charge in [-0.15, -0.1) is 0 Å². The number of carbonyl (C=O) groups excluding carboxylic acids is 1. The van der Waals surface area contributed by atoms with Crippen LogP contribution in [0.15, 0.2) is 42.5 Å². The number of amides is 1. The Balaban J connectivity index is 1.59. The minimum absolute atomic E-state index is 0.0607. The molecular formula is C21H27N3O. The van der Waals surface area contributed by atoms with Gasteiger partial charge in [-0.3, -0.25) is 9.69 Å². The van der Waals surface area contributed by atoms with Crippen molar-refractivity contribution in [2.45, 2.75) is 20.4 Å². The minimum Gasteiger partial charge on any atom is -0.322 e. The second kappa shape index (κ2) is 7.81. The van der Waals surface area contributed by atoms with Crippen molar-refractivity contribution >= 4 is 11.6 Å². The molecule has 0 radical (unpaired) electrons. The normalized spacial score (nSPS) is 16.0. The zero-order valence-electron chi connectivity index (χ0n) is 15.4. The van der Waals surface area contributed by atoms with E-state index in [4.69, 9.17) is 0 Å². The summed E-state index contributed by atoms with van der Waals surface area (Å²) in [6.45, 7) is 9.52. The van der Waals surface area contributed by atoms with Gasteiger partial charge in [-0.2, -0.15) is 0 Å². The molecule has 1 amide bonds. The van der Waals surface area contributed by atoms with Gasteiger partial charge in [0.05, 0.1) is 0 Å². The van der Waals surface area contributed by atoms with Gasteiger partial charge in [-0.1, -0.05) is 18.2 Å². The van der Waals surface area contributed by atoms with Gasteiger partial charge in [0.25, 0.3) is 5.91 Å². The predicted octanol–water partition coefficient (Wildman–Crippen LogP) is 3.30. The highest BCUT2D eigenvalue weighted by molar-refractivity contribution is 6.04. The van der Waals surface area contributed by atoms with Crippen molar-refractivity contribution in [1.82, 2.24) is 9.80 Å². The lowest BCUT2D eigenvalue weighted by atomic mass is 10.1. The molecule has 0 aliphatic carbocycles. The number of nitrogens with zero attached hydrogens (tertiary/aromatic N) is 2. The number of nitrogens with one attached hydrogen (secondary N) is 1. The van der Waals surface area contributed by atoms with Crippen LogP contribution in [0.1, 0.15) is 27.0 Å². The predicted molar refractivity (Wildman–Crippen MR) is 103 cm³/mol. The number of aryl methyl sites for hydroxylation is 2. The number of anilines is 1. The van der Waals surface area contributed by atoms with E-state index in [9.17, 15) is 4.79 Å². The first-order valence-corrected chi connectivity index (χ1v) is 8.90. The summed E-state index contributed by atoms with van der Waals surface area (Å²) in [4.78, 5) is 17.2. The maximum Gasteiger partial charge on any atom is 0.255 e. The van der Waals surface area contributed by atoms with E-state index in [2.05, 4.69) is 48.1 Å². The zero-order chi connectivity index (χ0) is 17.8. The van der Waals surface area contributed by atoms with Crippen LogP contribution < -0.4 is 5.32 Å².